The highest BCUT2D eigenvalue weighted by atomic mass is 16.6. The molecule has 2 heterocycles. The molecule has 3 aliphatic rings. The molecular weight excluding hydrogens is 430 g/mol. The van der Waals surface area contributed by atoms with Gasteiger partial charge in [0.15, 0.2) is 0 Å². The van der Waals surface area contributed by atoms with Gasteiger partial charge in [-0.05, 0) is 62.8 Å². The van der Waals surface area contributed by atoms with E-state index >= 15 is 0 Å². The Morgan fingerprint density at radius 2 is 1.91 bits per heavy atom. The smallest absolute Gasteiger partial charge is 0.411 e. The Balaban J connectivity index is 1.27. The van der Waals surface area contributed by atoms with Crippen LogP contribution in [0, 0.1) is 5.92 Å². The van der Waals surface area contributed by atoms with Crippen LogP contribution < -0.4 is 15.8 Å². The van der Waals surface area contributed by atoms with Crippen LogP contribution >= 0.6 is 0 Å². The molecule has 3 N–H and O–H groups in total. The molecule has 34 heavy (non-hydrogen) atoms. The molecule has 0 spiro atoms. The fourth-order valence-corrected chi connectivity index (χ4v) is 4.88. The lowest BCUT2D eigenvalue weighted by Gasteiger charge is -2.14. The van der Waals surface area contributed by atoms with Crippen LogP contribution in [-0.4, -0.2) is 36.1 Å². The maximum atomic E-state index is 12.2. The minimum absolute atomic E-state index is 0.0385. The van der Waals surface area contributed by atoms with E-state index in [1.807, 2.05) is 37.3 Å². The average Bonchev–Trinajstić information content (AvgIpc) is 3.76. The zero-order chi connectivity index (χ0) is 23.2. The van der Waals surface area contributed by atoms with Crippen molar-refractivity contribution in [1.82, 2.24) is 4.57 Å². The predicted molar refractivity (Wildman–Crippen MR) is 132 cm³/mol. The Bertz CT molecular complexity index is 1200. The third-order valence-electron chi connectivity index (χ3n) is 7.10. The van der Waals surface area contributed by atoms with Crippen LogP contribution in [-0.2, 0) is 9.47 Å². The third-order valence-corrected chi connectivity index (χ3v) is 7.10. The summed E-state index contributed by atoms with van der Waals surface area (Å²) in [5.41, 5.74) is 11.3. The number of hydrogen-bond donors (Lipinski definition) is 2. The van der Waals surface area contributed by atoms with Crippen molar-refractivity contribution in [3.63, 3.8) is 0 Å². The number of nitrogen functional groups attached to an aromatic ring is 1. The number of carbonyl (C=O) groups excluding carboxylic acids is 1. The third kappa shape index (κ3) is 4.20. The molecule has 1 aliphatic heterocycles. The molecule has 2 aliphatic carbocycles. The summed E-state index contributed by atoms with van der Waals surface area (Å²) in [6, 6.07) is 14.4. The number of benzene rings is 2. The van der Waals surface area contributed by atoms with Crippen LogP contribution in [0.4, 0.5) is 16.2 Å². The normalized spacial score (nSPS) is 20.9. The number of fused-ring (bicyclic) bond motifs is 1. The topological polar surface area (TPSA) is 87.7 Å². The van der Waals surface area contributed by atoms with Gasteiger partial charge >= 0.3 is 6.09 Å². The van der Waals surface area contributed by atoms with E-state index in [2.05, 4.69) is 22.0 Å². The Kier molecular flexibility index (Phi) is 5.37. The first kappa shape index (κ1) is 21.4. The fraction of sp³-hybridized carbons (Fsp3) is 0.444. The van der Waals surface area contributed by atoms with Gasteiger partial charge in [-0.3, -0.25) is 5.32 Å². The van der Waals surface area contributed by atoms with Gasteiger partial charge in [0, 0.05) is 35.2 Å². The standard InChI is InChI=1S/C27H31N3O4/c1-16(17-2-3-17)33-27(31)29-19-6-4-18(5-7-19)26-25(28)23-11-10-21(34-22-12-13-32-15-22)14-24(23)30(26)20-8-9-20/h4-7,10-11,14,16-17,20,22H,2-3,8-9,12-13,15,28H2,1H3,(H,29,31). The second-order valence-electron chi connectivity index (χ2n) is 9.80. The van der Waals surface area contributed by atoms with E-state index in [9.17, 15) is 4.79 Å². The highest BCUT2D eigenvalue weighted by molar-refractivity contribution is 6.02. The number of nitrogens with one attached hydrogen (secondary N) is 1. The number of amides is 1. The number of nitrogens with two attached hydrogens (primary N) is 1. The van der Waals surface area contributed by atoms with Crippen molar-refractivity contribution < 1.29 is 19.0 Å². The van der Waals surface area contributed by atoms with Gasteiger partial charge in [0.2, 0.25) is 0 Å². The van der Waals surface area contributed by atoms with Gasteiger partial charge in [-0.2, -0.15) is 0 Å². The van der Waals surface area contributed by atoms with Crippen molar-refractivity contribution in [3.8, 4) is 17.0 Å². The van der Waals surface area contributed by atoms with Crippen LogP contribution in [0.15, 0.2) is 42.5 Å². The van der Waals surface area contributed by atoms with Gasteiger partial charge in [0.1, 0.15) is 18.0 Å². The van der Waals surface area contributed by atoms with E-state index in [4.69, 9.17) is 19.9 Å². The number of carbonyl (C=O) groups is 1. The van der Waals surface area contributed by atoms with Crippen molar-refractivity contribution in [2.45, 2.75) is 57.3 Å². The molecule has 0 radical (unpaired) electrons. The summed E-state index contributed by atoms with van der Waals surface area (Å²) in [6.45, 7) is 3.35. The summed E-state index contributed by atoms with van der Waals surface area (Å²) in [5, 5.41) is 3.88. The monoisotopic (exact) mass is 461 g/mol. The average molecular weight is 462 g/mol. The van der Waals surface area contributed by atoms with Crippen LogP contribution in [0.25, 0.3) is 22.2 Å². The molecule has 2 atom stereocenters. The maximum Gasteiger partial charge on any atom is 0.411 e. The Hall–Kier alpha value is -3.19. The van der Waals surface area contributed by atoms with Crippen LogP contribution in [0.5, 0.6) is 5.75 Å². The van der Waals surface area contributed by atoms with E-state index in [0.29, 0.717) is 24.3 Å². The number of anilines is 2. The van der Waals surface area contributed by atoms with Crippen LogP contribution in [0.3, 0.4) is 0 Å². The zero-order valence-corrected chi connectivity index (χ0v) is 19.5. The number of aromatic nitrogens is 1. The molecule has 7 heteroatoms. The predicted octanol–water partition coefficient (Wildman–Crippen LogP) is 5.74. The first-order valence-corrected chi connectivity index (χ1v) is 12.3. The van der Waals surface area contributed by atoms with Crippen molar-refractivity contribution in [2.24, 2.45) is 5.92 Å². The molecule has 2 aromatic carbocycles. The molecule has 6 rings (SSSR count). The van der Waals surface area contributed by atoms with Gasteiger partial charge in [0.25, 0.3) is 0 Å². The number of nitrogens with zero attached hydrogens (tertiary/aromatic N) is 1. The Labute approximate surface area is 199 Å². The summed E-state index contributed by atoms with van der Waals surface area (Å²) < 4.78 is 19.4. The molecule has 178 valence electrons. The molecule has 2 saturated carbocycles. The van der Waals surface area contributed by atoms with Crippen molar-refractivity contribution in [1.29, 1.82) is 0 Å². The summed E-state index contributed by atoms with van der Waals surface area (Å²) in [4.78, 5) is 12.2. The molecule has 1 amide bonds. The lowest BCUT2D eigenvalue weighted by molar-refractivity contribution is 0.108. The molecule has 2 unspecified atom stereocenters. The Morgan fingerprint density at radius 3 is 2.59 bits per heavy atom. The van der Waals surface area contributed by atoms with E-state index in [0.717, 1.165) is 72.3 Å². The van der Waals surface area contributed by atoms with Crippen LogP contribution in [0.1, 0.15) is 45.1 Å². The molecule has 1 aromatic heterocycles. The van der Waals surface area contributed by atoms with Gasteiger partial charge < -0.3 is 24.5 Å². The van der Waals surface area contributed by atoms with Crippen molar-refractivity contribution in [2.75, 3.05) is 24.3 Å². The molecule has 7 nitrogen and oxygen atoms in total. The molecular formula is C27H31N3O4. The van der Waals surface area contributed by atoms with E-state index in [1.54, 1.807) is 0 Å². The Morgan fingerprint density at radius 1 is 1.12 bits per heavy atom. The van der Waals surface area contributed by atoms with E-state index < -0.39 is 6.09 Å². The first-order valence-electron chi connectivity index (χ1n) is 12.3. The first-order chi connectivity index (χ1) is 16.6. The summed E-state index contributed by atoms with van der Waals surface area (Å²) in [6.07, 6.45) is 5.15. The molecule has 1 saturated heterocycles. The van der Waals surface area contributed by atoms with Gasteiger partial charge in [-0.25, -0.2) is 4.79 Å². The van der Waals surface area contributed by atoms with E-state index in [-0.39, 0.29) is 12.2 Å². The van der Waals surface area contributed by atoms with E-state index in [1.165, 1.54) is 0 Å². The van der Waals surface area contributed by atoms with Gasteiger partial charge in [0.05, 0.1) is 30.1 Å². The summed E-state index contributed by atoms with van der Waals surface area (Å²) in [7, 11) is 0. The van der Waals surface area contributed by atoms with Crippen molar-refractivity contribution >= 4 is 28.4 Å². The minimum atomic E-state index is -0.404. The number of ether oxygens (including phenoxy) is 3. The fourth-order valence-electron chi connectivity index (χ4n) is 4.88. The lowest BCUT2D eigenvalue weighted by Crippen LogP contribution is -2.21. The largest absolute Gasteiger partial charge is 0.488 e. The highest BCUT2D eigenvalue weighted by Crippen LogP contribution is 2.47. The molecule has 3 aromatic rings. The summed E-state index contributed by atoms with van der Waals surface area (Å²) in [5.74, 6) is 1.37. The van der Waals surface area contributed by atoms with Crippen molar-refractivity contribution in [3.05, 3.63) is 42.5 Å². The lowest BCUT2D eigenvalue weighted by atomic mass is 10.1. The second kappa shape index (κ2) is 8.55. The quantitative estimate of drug-likeness (QED) is 0.468. The highest BCUT2D eigenvalue weighted by Gasteiger charge is 2.31. The molecule has 3 fully saturated rings. The zero-order valence-electron chi connectivity index (χ0n) is 19.5. The summed E-state index contributed by atoms with van der Waals surface area (Å²) >= 11 is 0. The molecule has 0 bridgehead atoms. The van der Waals surface area contributed by atoms with Gasteiger partial charge in [-0.1, -0.05) is 12.1 Å². The van der Waals surface area contributed by atoms with Gasteiger partial charge in [-0.15, -0.1) is 0 Å². The number of hydrogen-bond acceptors (Lipinski definition) is 5. The SMILES string of the molecule is CC(OC(=O)Nc1ccc(-c2c(N)c3ccc(OC4CCOC4)cc3n2C2CC2)cc1)C1CC1. The number of rotatable bonds is 7. The van der Waals surface area contributed by atoms with Crippen LogP contribution in [0.2, 0.25) is 0 Å². The minimum Gasteiger partial charge on any atom is -0.488 e. The maximum absolute atomic E-state index is 12.2. The second-order valence-corrected chi connectivity index (χ2v) is 9.80.